The van der Waals surface area contributed by atoms with Crippen molar-refractivity contribution in [2.45, 2.75) is 13.8 Å². The molecule has 0 heterocycles. The Kier molecular flexibility index (Phi) is 3.34. The molecule has 0 N–H and O–H groups in total. The molecule has 0 fully saturated rings. The van der Waals surface area contributed by atoms with Crippen molar-refractivity contribution in [2.75, 3.05) is 6.61 Å². The SMILES string of the molecule is CCOC(=O)c1c(F)cc(C)c(F)c1F. The van der Waals surface area contributed by atoms with Crippen LogP contribution in [0, 0.1) is 24.4 Å². The minimum atomic E-state index is -1.51. The molecule has 0 amide bonds. The number of rotatable bonds is 2. The summed E-state index contributed by atoms with van der Waals surface area (Å²) >= 11 is 0. The molecule has 0 aromatic heterocycles. The van der Waals surface area contributed by atoms with E-state index >= 15 is 0 Å². The minimum absolute atomic E-state index is 0.0345. The van der Waals surface area contributed by atoms with Gasteiger partial charge in [-0.05, 0) is 25.5 Å². The van der Waals surface area contributed by atoms with Crippen molar-refractivity contribution in [3.8, 4) is 0 Å². The summed E-state index contributed by atoms with van der Waals surface area (Å²) in [6.45, 7) is 2.65. The van der Waals surface area contributed by atoms with E-state index in [1.165, 1.54) is 13.8 Å². The molecule has 0 unspecified atom stereocenters. The van der Waals surface area contributed by atoms with Gasteiger partial charge < -0.3 is 4.74 Å². The zero-order chi connectivity index (χ0) is 11.6. The van der Waals surface area contributed by atoms with Crippen LogP contribution in [-0.4, -0.2) is 12.6 Å². The highest BCUT2D eigenvalue weighted by Gasteiger charge is 2.23. The highest BCUT2D eigenvalue weighted by Crippen LogP contribution is 2.20. The van der Waals surface area contributed by atoms with E-state index in [1.54, 1.807) is 0 Å². The summed E-state index contributed by atoms with van der Waals surface area (Å²) in [7, 11) is 0. The van der Waals surface area contributed by atoms with Crippen molar-refractivity contribution in [1.29, 1.82) is 0 Å². The predicted molar refractivity (Wildman–Crippen MR) is 47.0 cm³/mol. The lowest BCUT2D eigenvalue weighted by Gasteiger charge is -2.06. The van der Waals surface area contributed by atoms with E-state index in [1.807, 2.05) is 0 Å². The van der Waals surface area contributed by atoms with Crippen LogP contribution < -0.4 is 0 Å². The van der Waals surface area contributed by atoms with Crippen molar-refractivity contribution in [1.82, 2.24) is 0 Å². The normalized spacial score (nSPS) is 10.2. The second-order valence-electron chi connectivity index (χ2n) is 2.90. The van der Waals surface area contributed by atoms with Gasteiger partial charge in [0.2, 0.25) is 0 Å². The minimum Gasteiger partial charge on any atom is -0.462 e. The summed E-state index contributed by atoms with van der Waals surface area (Å²) in [4.78, 5) is 11.1. The first-order valence-corrected chi connectivity index (χ1v) is 4.30. The van der Waals surface area contributed by atoms with E-state index in [0.717, 1.165) is 6.07 Å². The van der Waals surface area contributed by atoms with Crippen LogP contribution in [0.5, 0.6) is 0 Å². The molecule has 0 saturated heterocycles. The average Bonchev–Trinajstić information content (AvgIpc) is 2.15. The summed E-state index contributed by atoms with van der Waals surface area (Å²) < 4.78 is 43.8. The Morgan fingerprint density at radius 3 is 2.47 bits per heavy atom. The Labute approximate surface area is 84.7 Å². The van der Waals surface area contributed by atoms with E-state index in [-0.39, 0.29) is 12.2 Å². The Morgan fingerprint density at radius 1 is 1.33 bits per heavy atom. The van der Waals surface area contributed by atoms with Crippen LogP contribution in [0.2, 0.25) is 0 Å². The molecule has 0 aliphatic carbocycles. The second kappa shape index (κ2) is 4.33. The summed E-state index contributed by atoms with van der Waals surface area (Å²) in [5.41, 5.74) is -1.18. The summed E-state index contributed by atoms with van der Waals surface area (Å²) in [5, 5.41) is 0. The molecule has 1 rings (SSSR count). The molecule has 2 nitrogen and oxygen atoms in total. The van der Waals surface area contributed by atoms with Gasteiger partial charge in [-0.2, -0.15) is 0 Å². The van der Waals surface area contributed by atoms with Gasteiger partial charge in [-0.25, -0.2) is 18.0 Å². The van der Waals surface area contributed by atoms with Crippen LogP contribution in [0.1, 0.15) is 22.8 Å². The number of halogens is 3. The zero-order valence-corrected chi connectivity index (χ0v) is 8.23. The van der Waals surface area contributed by atoms with Crippen molar-refractivity contribution >= 4 is 5.97 Å². The van der Waals surface area contributed by atoms with Gasteiger partial charge in [-0.3, -0.25) is 0 Å². The quantitative estimate of drug-likeness (QED) is 0.563. The molecule has 0 aliphatic heterocycles. The molecule has 0 radical (unpaired) electrons. The van der Waals surface area contributed by atoms with E-state index in [2.05, 4.69) is 4.74 Å². The Balaban J connectivity index is 3.29. The summed E-state index contributed by atoms with van der Waals surface area (Å²) in [6, 6.07) is 0.755. The fourth-order valence-corrected chi connectivity index (χ4v) is 1.10. The number of hydrogen-bond acceptors (Lipinski definition) is 2. The van der Waals surface area contributed by atoms with Crippen LogP contribution in [-0.2, 0) is 4.74 Å². The molecule has 0 saturated carbocycles. The number of carbonyl (C=O) groups is 1. The maximum atomic E-state index is 13.2. The van der Waals surface area contributed by atoms with Gasteiger partial charge in [-0.15, -0.1) is 0 Å². The van der Waals surface area contributed by atoms with E-state index in [9.17, 15) is 18.0 Å². The van der Waals surface area contributed by atoms with Gasteiger partial charge in [-0.1, -0.05) is 0 Å². The lowest BCUT2D eigenvalue weighted by Crippen LogP contribution is -2.12. The van der Waals surface area contributed by atoms with Crippen LogP contribution >= 0.6 is 0 Å². The fourth-order valence-electron chi connectivity index (χ4n) is 1.10. The average molecular weight is 218 g/mol. The standard InChI is InChI=1S/C10H9F3O2/c1-3-15-10(14)7-6(11)4-5(2)8(12)9(7)13/h4H,3H2,1-2H3. The molecule has 1 aromatic carbocycles. The van der Waals surface area contributed by atoms with Gasteiger partial charge in [0.1, 0.15) is 11.4 Å². The van der Waals surface area contributed by atoms with Crippen molar-refractivity contribution in [3.63, 3.8) is 0 Å². The predicted octanol–water partition coefficient (Wildman–Crippen LogP) is 2.59. The molecule has 0 aliphatic rings. The van der Waals surface area contributed by atoms with Crippen molar-refractivity contribution in [3.05, 3.63) is 34.6 Å². The molecule has 0 atom stereocenters. The molecular weight excluding hydrogens is 209 g/mol. The third-order valence-corrected chi connectivity index (χ3v) is 1.82. The van der Waals surface area contributed by atoms with Crippen molar-refractivity contribution < 1.29 is 22.7 Å². The van der Waals surface area contributed by atoms with E-state index < -0.39 is 29.0 Å². The molecule has 15 heavy (non-hydrogen) atoms. The highest BCUT2D eigenvalue weighted by molar-refractivity contribution is 5.90. The Morgan fingerprint density at radius 2 is 1.93 bits per heavy atom. The topological polar surface area (TPSA) is 26.3 Å². The lowest BCUT2D eigenvalue weighted by molar-refractivity contribution is 0.0514. The molecule has 5 heteroatoms. The van der Waals surface area contributed by atoms with Gasteiger partial charge >= 0.3 is 5.97 Å². The number of carbonyl (C=O) groups excluding carboxylic acids is 1. The summed E-state index contributed by atoms with van der Waals surface area (Å²) in [6.07, 6.45) is 0. The van der Waals surface area contributed by atoms with Gasteiger partial charge in [0.15, 0.2) is 11.6 Å². The molecule has 0 bridgehead atoms. The first-order valence-electron chi connectivity index (χ1n) is 4.30. The van der Waals surface area contributed by atoms with Crippen molar-refractivity contribution in [2.24, 2.45) is 0 Å². The Bertz CT molecular complexity index is 402. The molecule has 82 valence electrons. The molecule has 1 aromatic rings. The first-order chi connectivity index (χ1) is 6.99. The lowest BCUT2D eigenvalue weighted by atomic mass is 10.1. The number of esters is 1. The van der Waals surface area contributed by atoms with E-state index in [0.29, 0.717) is 0 Å². The molecular formula is C10H9F3O2. The fraction of sp³-hybridized carbons (Fsp3) is 0.300. The first kappa shape index (κ1) is 11.6. The monoisotopic (exact) mass is 218 g/mol. The van der Waals surface area contributed by atoms with Crippen LogP contribution in [0.3, 0.4) is 0 Å². The van der Waals surface area contributed by atoms with Gasteiger partial charge in [0.25, 0.3) is 0 Å². The van der Waals surface area contributed by atoms with Crippen LogP contribution in [0.4, 0.5) is 13.2 Å². The van der Waals surface area contributed by atoms with Gasteiger partial charge in [0, 0.05) is 0 Å². The highest BCUT2D eigenvalue weighted by atomic mass is 19.2. The summed E-state index contributed by atoms with van der Waals surface area (Å²) in [5.74, 6) is -5.07. The van der Waals surface area contributed by atoms with Crippen LogP contribution in [0.15, 0.2) is 6.07 Å². The number of hydrogen-bond donors (Lipinski definition) is 0. The van der Waals surface area contributed by atoms with E-state index in [4.69, 9.17) is 0 Å². The third kappa shape index (κ3) is 2.11. The molecule has 0 spiro atoms. The third-order valence-electron chi connectivity index (χ3n) is 1.82. The number of ether oxygens (including phenoxy) is 1. The maximum Gasteiger partial charge on any atom is 0.344 e. The second-order valence-corrected chi connectivity index (χ2v) is 2.90. The smallest absolute Gasteiger partial charge is 0.344 e. The number of benzene rings is 1. The van der Waals surface area contributed by atoms with Crippen LogP contribution in [0.25, 0.3) is 0 Å². The zero-order valence-electron chi connectivity index (χ0n) is 8.23. The largest absolute Gasteiger partial charge is 0.462 e. The van der Waals surface area contributed by atoms with Gasteiger partial charge in [0.05, 0.1) is 6.61 Å². The maximum absolute atomic E-state index is 13.2. The Hall–Kier alpha value is -1.52. The number of aryl methyl sites for hydroxylation is 1.